The number of amides is 1. The zero-order chi connectivity index (χ0) is 15.8. The van der Waals surface area contributed by atoms with Gasteiger partial charge in [0.05, 0.1) is 11.5 Å². The van der Waals surface area contributed by atoms with Crippen molar-refractivity contribution in [3.63, 3.8) is 0 Å². The Morgan fingerprint density at radius 3 is 2.55 bits per heavy atom. The predicted octanol–water partition coefficient (Wildman–Crippen LogP) is 1.80. The van der Waals surface area contributed by atoms with Crippen LogP contribution in [0.4, 0.5) is 11.4 Å². The third-order valence-corrected chi connectivity index (χ3v) is 2.76. The maximum atomic E-state index is 11.7. The topological polar surface area (TPSA) is 122 Å². The van der Waals surface area contributed by atoms with Crippen molar-refractivity contribution in [1.29, 1.82) is 0 Å². The summed E-state index contributed by atoms with van der Waals surface area (Å²) in [6.45, 7) is 1.61. The molecule has 122 valence electrons. The van der Waals surface area contributed by atoms with Gasteiger partial charge in [0.2, 0.25) is 5.91 Å². The average molecular weight is 332 g/mol. The summed E-state index contributed by atoms with van der Waals surface area (Å²) >= 11 is 0. The first-order chi connectivity index (χ1) is 9.95. The lowest BCUT2D eigenvalue weighted by molar-refractivity contribution is -0.383. The van der Waals surface area contributed by atoms with Crippen LogP contribution >= 0.6 is 12.4 Å². The van der Waals surface area contributed by atoms with Crippen LogP contribution in [-0.4, -0.2) is 34.5 Å². The first-order valence-electron chi connectivity index (χ1n) is 6.45. The zero-order valence-corrected chi connectivity index (χ0v) is 12.8. The summed E-state index contributed by atoms with van der Waals surface area (Å²) in [7, 11) is 0. The molecular formula is C13H18ClN3O5. The second kappa shape index (κ2) is 9.69. The molecule has 0 radical (unpaired) electrons. The number of halogens is 1. The minimum Gasteiger partial charge on any atom is -0.480 e. The van der Waals surface area contributed by atoms with Gasteiger partial charge in [-0.25, -0.2) is 0 Å². The van der Waals surface area contributed by atoms with Gasteiger partial charge in [0, 0.05) is 6.07 Å². The summed E-state index contributed by atoms with van der Waals surface area (Å²) in [5.41, 5.74) is -0.133. The number of aliphatic carboxylic acids is 1. The third-order valence-electron chi connectivity index (χ3n) is 2.76. The summed E-state index contributed by atoms with van der Waals surface area (Å²) in [5.74, 6) is -1.57. The molecule has 1 aromatic rings. The van der Waals surface area contributed by atoms with Crippen LogP contribution in [0.5, 0.6) is 0 Å². The second-order valence-electron chi connectivity index (χ2n) is 4.38. The van der Waals surface area contributed by atoms with E-state index in [9.17, 15) is 19.7 Å². The van der Waals surface area contributed by atoms with E-state index in [0.29, 0.717) is 12.8 Å². The molecule has 0 spiro atoms. The number of carbonyl (C=O) groups is 2. The standard InChI is InChI=1S/C13H17N3O5.ClH/c1-2-5-10(13(18)19)14-8-12(17)15-9-6-3-4-7-11(9)16(20)21;/h3-4,6-7,10,14H,2,5,8H2,1H3,(H,15,17)(H,18,19);1H. The van der Waals surface area contributed by atoms with Crippen molar-refractivity contribution < 1.29 is 19.6 Å². The van der Waals surface area contributed by atoms with Crippen molar-refractivity contribution >= 4 is 35.7 Å². The number of hydrogen-bond acceptors (Lipinski definition) is 5. The Bertz CT molecular complexity index is 538. The fourth-order valence-corrected chi connectivity index (χ4v) is 1.75. The highest BCUT2D eigenvalue weighted by Gasteiger charge is 2.18. The first-order valence-corrected chi connectivity index (χ1v) is 6.45. The van der Waals surface area contributed by atoms with E-state index in [4.69, 9.17) is 5.11 Å². The molecule has 0 fully saturated rings. The Morgan fingerprint density at radius 2 is 2.00 bits per heavy atom. The molecule has 1 unspecified atom stereocenters. The van der Waals surface area contributed by atoms with Crippen LogP contribution < -0.4 is 10.6 Å². The summed E-state index contributed by atoms with van der Waals surface area (Å²) in [4.78, 5) is 32.9. The zero-order valence-electron chi connectivity index (χ0n) is 11.9. The van der Waals surface area contributed by atoms with Crippen LogP contribution in [0.25, 0.3) is 0 Å². The minimum atomic E-state index is -1.03. The number of carboxylic acid groups (broad SMARTS) is 1. The van der Waals surface area contributed by atoms with Crippen LogP contribution in [0.2, 0.25) is 0 Å². The summed E-state index contributed by atoms with van der Waals surface area (Å²) in [6, 6.07) is 4.93. The summed E-state index contributed by atoms with van der Waals surface area (Å²) in [6.07, 6.45) is 1.06. The number of nitrogens with zero attached hydrogens (tertiary/aromatic N) is 1. The van der Waals surface area contributed by atoms with Gasteiger partial charge in [-0.3, -0.25) is 25.0 Å². The van der Waals surface area contributed by atoms with E-state index >= 15 is 0 Å². The average Bonchev–Trinajstić information content (AvgIpc) is 2.43. The lowest BCUT2D eigenvalue weighted by atomic mass is 10.1. The van der Waals surface area contributed by atoms with Crippen molar-refractivity contribution in [3.8, 4) is 0 Å². The fraction of sp³-hybridized carbons (Fsp3) is 0.385. The van der Waals surface area contributed by atoms with Gasteiger partial charge >= 0.3 is 5.97 Å². The molecule has 1 atom stereocenters. The highest BCUT2D eigenvalue weighted by Crippen LogP contribution is 2.22. The van der Waals surface area contributed by atoms with E-state index in [2.05, 4.69) is 10.6 Å². The molecule has 0 aromatic heterocycles. The molecule has 0 saturated carbocycles. The Labute approximate surface area is 133 Å². The monoisotopic (exact) mass is 331 g/mol. The number of benzene rings is 1. The summed E-state index contributed by atoms with van der Waals surface area (Å²) < 4.78 is 0. The van der Waals surface area contributed by atoms with Crippen LogP contribution in [0.1, 0.15) is 19.8 Å². The minimum absolute atomic E-state index is 0. The van der Waals surface area contributed by atoms with Crippen LogP contribution in [0, 0.1) is 10.1 Å². The number of carbonyl (C=O) groups excluding carboxylic acids is 1. The molecule has 0 aliphatic heterocycles. The molecule has 1 aromatic carbocycles. The van der Waals surface area contributed by atoms with E-state index in [-0.39, 0.29) is 30.3 Å². The summed E-state index contributed by atoms with van der Waals surface area (Å²) in [5, 5.41) is 24.7. The molecule has 0 heterocycles. The number of nitrogens with one attached hydrogen (secondary N) is 2. The highest BCUT2D eigenvalue weighted by molar-refractivity contribution is 5.94. The molecule has 8 nitrogen and oxygen atoms in total. The van der Waals surface area contributed by atoms with E-state index < -0.39 is 22.8 Å². The Hall–Kier alpha value is -2.19. The van der Waals surface area contributed by atoms with Crippen molar-refractivity contribution in [2.45, 2.75) is 25.8 Å². The van der Waals surface area contributed by atoms with Crippen LogP contribution in [-0.2, 0) is 9.59 Å². The first kappa shape index (κ1) is 19.8. The Balaban J connectivity index is 0.00000441. The van der Waals surface area contributed by atoms with Gasteiger partial charge < -0.3 is 10.4 Å². The van der Waals surface area contributed by atoms with Crippen molar-refractivity contribution in [2.75, 3.05) is 11.9 Å². The number of hydrogen-bond donors (Lipinski definition) is 3. The van der Waals surface area contributed by atoms with Crippen molar-refractivity contribution in [2.24, 2.45) is 0 Å². The van der Waals surface area contributed by atoms with Crippen molar-refractivity contribution in [3.05, 3.63) is 34.4 Å². The van der Waals surface area contributed by atoms with E-state index in [1.54, 1.807) is 6.07 Å². The number of carboxylic acids is 1. The molecule has 22 heavy (non-hydrogen) atoms. The largest absolute Gasteiger partial charge is 0.480 e. The van der Waals surface area contributed by atoms with Gasteiger partial charge in [-0.1, -0.05) is 25.5 Å². The number of nitro groups is 1. The van der Waals surface area contributed by atoms with Crippen molar-refractivity contribution in [1.82, 2.24) is 5.32 Å². The van der Waals surface area contributed by atoms with Crippen LogP contribution in [0.3, 0.4) is 0 Å². The molecule has 3 N–H and O–H groups in total. The molecule has 0 saturated heterocycles. The maximum Gasteiger partial charge on any atom is 0.320 e. The van der Waals surface area contributed by atoms with Gasteiger partial charge in [0.15, 0.2) is 0 Å². The molecular weight excluding hydrogens is 314 g/mol. The molecule has 9 heteroatoms. The Morgan fingerprint density at radius 1 is 1.36 bits per heavy atom. The lowest BCUT2D eigenvalue weighted by Gasteiger charge is -2.13. The predicted molar refractivity (Wildman–Crippen MR) is 83.3 cm³/mol. The van der Waals surface area contributed by atoms with Gasteiger partial charge in [-0.05, 0) is 12.5 Å². The second-order valence-corrected chi connectivity index (χ2v) is 4.38. The molecule has 0 aliphatic rings. The maximum absolute atomic E-state index is 11.7. The van der Waals surface area contributed by atoms with Gasteiger partial charge in [-0.15, -0.1) is 12.4 Å². The fourth-order valence-electron chi connectivity index (χ4n) is 1.75. The number of rotatable bonds is 8. The molecule has 1 rings (SSSR count). The normalized spacial score (nSPS) is 11.1. The lowest BCUT2D eigenvalue weighted by Crippen LogP contribution is -2.41. The molecule has 1 amide bonds. The van der Waals surface area contributed by atoms with E-state index in [1.807, 2.05) is 6.92 Å². The smallest absolute Gasteiger partial charge is 0.320 e. The van der Waals surface area contributed by atoms with Gasteiger partial charge in [0.1, 0.15) is 11.7 Å². The van der Waals surface area contributed by atoms with Gasteiger partial charge in [0.25, 0.3) is 5.69 Å². The number of para-hydroxylation sites is 2. The van der Waals surface area contributed by atoms with E-state index in [1.165, 1.54) is 18.2 Å². The molecule has 0 bridgehead atoms. The SMILES string of the molecule is CCCC(NCC(=O)Nc1ccccc1[N+](=O)[O-])C(=O)O.Cl. The number of anilines is 1. The highest BCUT2D eigenvalue weighted by atomic mass is 35.5. The van der Waals surface area contributed by atoms with E-state index in [0.717, 1.165) is 0 Å². The Kier molecular flexibility index (Phi) is 8.73. The quantitative estimate of drug-likeness (QED) is 0.493. The van der Waals surface area contributed by atoms with Crippen LogP contribution in [0.15, 0.2) is 24.3 Å². The number of nitro benzene ring substituents is 1. The molecule has 0 aliphatic carbocycles. The third kappa shape index (κ3) is 6.06. The van der Waals surface area contributed by atoms with Gasteiger partial charge in [-0.2, -0.15) is 0 Å².